The molecule has 2 heterocycles. The van der Waals surface area contributed by atoms with Crippen LogP contribution in [0.25, 0.3) is 105 Å². The van der Waals surface area contributed by atoms with Gasteiger partial charge in [0, 0.05) is 32.8 Å². The van der Waals surface area contributed by atoms with Crippen LogP contribution in [-0.4, -0.2) is 14.5 Å². The average molecular weight is 866 g/mol. The molecule has 2 aliphatic rings. The third kappa shape index (κ3) is 5.72. The van der Waals surface area contributed by atoms with Crippen molar-refractivity contribution in [2.75, 3.05) is 0 Å². The van der Waals surface area contributed by atoms with Crippen LogP contribution in [-0.2, 0) is 5.41 Å². The molecule has 0 radical (unpaired) electrons. The van der Waals surface area contributed by atoms with Crippen molar-refractivity contribution in [3.63, 3.8) is 0 Å². The van der Waals surface area contributed by atoms with Crippen LogP contribution in [0.1, 0.15) is 23.1 Å². The normalized spacial score (nSPS) is 16.3. The minimum atomic E-state index is -0.470. The van der Waals surface area contributed by atoms with Gasteiger partial charge in [-0.25, -0.2) is 4.98 Å². The highest BCUT2D eigenvalue weighted by Gasteiger charge is 2.49. The minimum absolute atomic E-state index is 0.175. The Morgan fingerprint density at radius 2 is 1.00 bits per heavy atom. The Labute approximate surface area is 394 Å². The maximum atomic E-state index is 5.48. The zero-order valence-electron chi connectivity index (χ0n) is 37.2. The first-order valence-corrected chi connectivity index (χ1v) is 23.7. The highest BCUT2D eigenvalue weighted by molar-refractivity contribution is 6.23. The molecule has 0 bridgehead atoms. The van der Waals surface area contributed by atoms with Crippen LogP contribution in [0, 0.1) is 5.92 Å². The zero-order valence-corrected chi connectivity index (χ0v) is 37.2. The topological polar surface area (TPSA) is 30.7 Å². The number of hydrogen-bond donors (Lipinski definition) is 0. The van der Waals surface area contributed by atoms with Crippen molar-refractivity contribution in [1.29, 1.82) is 0 Å². The van der Waals surface area contributed by atoms with E-state index in [0.717, 1.165) is 39.5 Å². The molecule has 0 saturated heterocycles. The molecule has 2 atom stereocenters. The lowest BCUT2D eigenvalue weighted by Gasteiger charge is -2.40. The first-order chi connectivity index (χ1) is 33.7. The summed E-state index contributed by atoms with van der Waals surface area (Å²) in [5.74, 6) is 0.175. The van der Waals surface area contributed by atoms with Crippen LogP contribution < -0.4 is 0 Å². The molecule has 10 aromatic carbocycles. The summed E-state index contributed by atoms with van der Waals surface area (Å²) in [5, 5.41) is 7.15. The smallest absolute Gasteiger partial charge is 0.0979 e. The molecule has 68 heavy (non-hydrogen) atoms. The van der Waals surface area contributed by atoms with Gasteiger partial charge >= 0.3 is 0 Å². The predicted octanol–water partition coefficient (Wildman–Crippen LogP) is 16.5. The molecule has 0 fully saturated rings. The average Bonchev–Trinajstić information content (AvgIpc) is 3.91. The number of fused-ring (bicyclic) bond motifs is 12. The van der Waals surface area contributed by atoms with E-state index in [9.17, 15) is 0 Å². The molecule has 14 rings (SSSR count). The Kier molecular flexibility index (Phi) is 8.63. The fourth-order valence-corrected chi connectivity index (χ4v) is 11.9. The summed E-state index contributed by atoms with van der Waals surface area (Å²) < 4.78 is 2.38. The second-order valence-corrected chi connectivity index (χ2v) is 18.4. The van der Waals surface area contributed by atoms with Gasteiger partial charge in [0.05, 0.1) is 39.4 Å². The Balaban J connectivity index is 0.927. The van der Waals surface area contributed by atoms with Gasteiger partial charge < -0.3 is 4.57 Å². The van der Waals surface area contributed by atoms with E-state index in [-0.39, 0.29) is 5.92 Å². The van der Waals surface area contributed by atoms with Gasteiger partial charge in [-0.2, -0.15) is 0 Å². The Hall–Kier alpha value is -8.66. The summed E-state index contributed by atoms with van der Waals surface area (Å²) in [5.41, 5.74) is 18.2. The van der Waals surface area contributed by atoms with Crippen LogP contribution in [0.5, 0.6) is 0 Å². The van der Waals surface area contributed by atoms with Crippen molar-refractivity contribution >= 4 is 54.4 Å². The summed E-state index contributed by atoms with van der Waals surface area (Å²) in [4.78, 5) is 10.7. The van der Waals surface area contributed by atoms with Crippen LogP contribution in [0.3, 0.4) is 0 Å². The number of aromatic nitrogens is 3. The molecule has 0 spiro atoms. The van der Waals surface area contributed by atoms with E-state index in [0.29, 0.717) is 0 Å². The summed E-state index contributed by atoms with van der Waals surface area (Å²) in [6, 6.07) is 78.1. The van der Waals surface area contributed by atoms with Gasteiger partial charge in [-0.05, 0) is 122 Å². The van der Waals surface area contributed by atoms with Gasteiger partial charge in [0.15, 0.2) is 0 Å². The third-order valence-corrected chi connectivity index (χ3v) is 14.9. The summed E-state index contributed by atoms with van der Waals surface area (Å²) in [7, 11) is 0. The van der Waals surface area contributed by atoms with Crippen LogP contribution in [0.2, 0.25) is 0 Å². The third-order valence-electron chi connectivity index (χ3n) is 14.9. The molecular weight excluding hydrogens is 823 g/mol. The first-order valence-electron chi connectivity index (χ1n) is 23.7. The minimum Gasteiger partial charge on any atom is -0.309 e. The van der Waals surface area contributed by atoms with E-state index < -0.39 is 5.41 Å². The van der Waals surface area contributed by atoms with E-state index >= 15 is 0 Å². The number of para-hydroxylation sites is 2. The molecule has 0 aliphatic heterocycles. The number of benzene rings is 10. The molecule has 0 amide bonds. The number of nitrogens with zero attached hydrogens (tertiary/aromatic N) is 3. The lowest BCUT2D eigenvalue weighted by atomic mass is 9.62. The molecule has 12 aromatic rings. The molecule has 0 N–H and O–H groups in total. The van der Waals surface area contributed by atoms with Gasteiger partial charge in [-0.1, -0.05) is 188 Å². The van der Waals surface area contributed by atoms with Crippen molar-refractivity contribution < 1.29 is 0 Å². The summed E-state index contributed by atoms with van der Waals surface area (Å²) in [6.45, 7) is 0. The lowest BCUT2D eigenvalue weighted by Crippen LogP contribution is -2.35. The predicted molar refractivity (Wildman–Crippen MR) is 283 cm³/mol. The lowest BCUT2D eigenvalue weighted by molar-refractivity contribution is 0.457. The van der Waals surface area contributed by atoms with E-state index in [2.05, 4.69) is 241 Å². The Morgan fingerprint density at radius 1 is 0.426 bits per heavy atom. The van der Waals surface area contributed by atoms with Gasteiger partial charge in [0.25, 0.3) is 0 Å². The highest BCUT2D eigenvalue weighted by Crippen LogP contribution is 2.59. The summed E-state index contributed by atoms with van der Waals surface area (Å²) >= 11 is 0. The van der Waals surface area contributed by atoms with E-state index in [1.165, 1.54) is 88.3 Å². The fourth-order valence-electron chi connectivity index (χ4n) is 11.9. The van der Waals surface area contributed by atoms with Crippen molar-refractivity contribution in [3.8, 4) is 50.3 Å². The quantitative estimate of drug-likeness (QED) is 0.156. The molecule has 0 saturated carbocycles. The molecule has 2 aromatic heterocycles. The Bertz CT molecular complexity index is 4030. The molecule has 318 valence electrons. The molecule has 2 aliphatic carbocycles. The molecule has 3 heteroatoms. The highest BCUT2D eigenvalue weighted by atomic mass is 15.0. The molecule has 3 nitrogen and oxygen atoms in total. The van der Waals surface area contributed by atoms with E-state index in [4.69, 9.17) is 9.97 Å². The molecule has 2 unspecified atom stereocenters. The van der Waals surface area contributed by atoms with Crippen molar-refractivity contribution in [3.05, 3.63) is 260 Å². The van der Waals surface area contributed by atoms with E-state index in [1.54, 1.807) is 0 Å². The maximum absolute atomic E-state index is 5.48. The standard InChI is InChI=1S/C65H43N3/c1-4-19-47(20-5-1)65(48-21-6-2-7-22-48)58-39-45(43-18-16-17-42(37-43)44-33-36-62-57(38-44)54-27-14-15-30-61(54)68(62)49-23-8-3-9-24-49)31-34-52(58)53-35-32-46(40-59(53)65)60-41-66-63-55-28-12-10-25-50(55)51-26-11-13-29-56(51)64(63)67-60/h1-21,23-41,48H,22H2. The second-order valence-electron chi connectivity index (χ2n) is 18.4. The van der Waals surface area contributed by atoms with Gasteiger partial charge in [-0.3, -0.25) is 4.98 Å². The summed E-state index contributed by atoms with van der Waals surface area (Å²) in [6.07, 6.45) is 12.1. The van der Waals surface area contributed by atoms with Crippen molar-refractivity contribution in [2.24, 2.45) is 5.92 Å². The van der Waals surface area contributed by atoms with E-state index in [1.807, 2.05) is 6.20 Å². The largest absolute Gasteiger partial charge is 0.309 e. The van der Waals surface area contributed by atoms with Crippen molar-refractivity contribution in [1.82, 2.24) is 14.5 Å². The fraction of sp³-hybridized carbons (Fsp3) is 0.0462. The SMILES string of the molecule is C1=CCC(C2(c3ccccc3)c3cc(-c4cccc(-c5ccc6c(c5)c5ccccc5n6-c5ccccc5)c4)ccc3-c3ccc(-c4cnc5c6ccccc6c6ccccc6c5n4)cc32)C=C1. The van der Waals surface area contributed by atoms with Gasteiger partial charge in [0.1, 0.15) is 0 Å². The first kappa shape index (κ1) is 38.6. The maximum Gasteiger partial charge on any atom is 0.0979 e. The number of allylic oxidation sites excluding steroid dienone is 4. The van der Waals surface area contributed by atoms with Crippen LogP contribution >= 0.6 is 0 Å². The second kappa shape index (κ2) is 15.2. The molecular formula is C65H43N3. The number of rotatable bonds is 6. The zero-order chi connectivity index (χ0) is 44.8. The van der Waals surface area contributed by atoms with Gasteiger partial charge in [-0.15, -0.1) is 0 Å². The Morgan fingerprint density at radius 3 is 1.72 bits per heavy atom. The van der Waals surface area contributed by atoms with Gasteiger partial charge in [0.2, 0.25) is 0 Å². The number of hydrogen-bond acceptors (Lipinski definition) is 2. The van der Waals surface area contributed by atoms with Crippen LogP contribution in [0.4, 0.5) is 0 Å². The van der Waals surface area contributed by atoms with Crippen molar-refractivity contribution in [2.45, 2.75) is 11.8 Å². The van der Waals surface area contributed by atoms with Crippen LogP contribution in [0.15, 0.2) is 243 Å². The monoisotopic (exact) mass is 865 g/mol.